The van der Waals surface area contributed by atoms with E-state index in [4.69, 9.17) is 21.3 Å². The number of aromatic nitrogens is 3. The predicted molar refractivity (Wildman–Crippen MR) is 321 cm³/mol. The van der Waals surface area contributed by atoms with E-state index in [-0.39, 0.29) is 66.2 Å². The van der Waals surface area contributed by atoms with Gasteiger partial charge in [-0.1, -0.05) is 113 Å². The van der Waals surface area contributed by atoms with E-state index in [0.29, 0.717) is 61.0 Å². The first-order valence-electron chi connectivity index (χ1n) is 29.2. The topological polar surface area (TPSA) is 189 Å². The lowest BCUT2D eigenvalue weighted by molar-refractivity contribution is -0.146. The molecule has 3 aromatic carbocycles. The van der Waals surface area contributed by atoms with Crippen molar-refractivity contribution >= 4 is 56.3 Å². The molecule has 7 rings (SSSR count). The van der Waals surface area contributed by atoms with Gasteiger partial charge < -0.3 is 25.0 Å². The summed E-state index contributed by atoms with van der Waals surface area (Å²) in [7, 11) is -3.52. The van der Waals surface area contributed by atoms with E-state index in [9.17, 15) is 32.7 Å². The monoisotopic (exact) mass is 1160 g/mol. The Morgan fingerprint density at radius 1 is 0.864 bits per heavy atom. The van der Waals surface area contributed by atoms with E-state index in [1.165, 1.54) is 10.5 Å². The van der Waals surface area contributed by atoms with Crippen molar-refractivity contribution in [3.63, 3.8) is 0 Å². The van der Waals surface area contributed by atoms with Gasteiger partial charge in [-0.2, -0.15) is 0 Å². The Kier molecular flexibility index (Phi) is 22.3. The number of β-amino-alcohol motifs (C(OH)–C–C–N with tert-alkyl or cyclic N) is 1. The van der Waals surface area contributed by atoms with Gasteiger partial charge in [0.25, 0.3) is 0 Å². The molecule has 2 saturated heterocycles. The molecule has 2 aromatic heterocycles. The highest BCUT2D eigenvalue weighted by molar-refractivity contribution is 7.92. The summed E-state index contributed by atoms with van der Waals surface area (Å²) in [4.78, 5) is 73.1. The minimum absolute atomic E-state index is 0.0391. The Balaban J connectivity index is 0.805. The first-order chi connectivity index (χ1) is 38.5. The van der Waals surface area contributed by atoms with Crippen molar-refractivity contribution in [2.75, 3.05) is 19.6 Å². The van der Waals surface area contributed by atoms with Crippen LogP contribution in [0.1, 0.15) is 183 Å². The van der Waals surface area contributed by atoms with Gasteiger partial charge in [0.15, 0.2) is 9.84 Å². The first-order valence-corrected chi connectivity index (χ1v) is 32.0. The van der Waals surface area contributed by atoms with Gasteiger partial charge in [0, 0.05) is 82.4 Å². The van der Waals surface area contributed by atoms with E-state index in [1.807, 2.05) is 82.3 Å². The second-order valence-electron chi connectivity index (χ2n) is 24.0. The van der Waals surface area contributed by atoms with Crippen molar-refractivity contribution in [1.82, 2.24) is 30.1 Å². The van der Waals surface area contributed by atoms with Crippen LogP contribution in [-0.4, -0.2) is 105 Å². The fourth-order valence-electron chi connectivity index (χ4n) is 11.2. The number of halogens is 1. The van der Waals surface area contributed by atoms with E-state index < -0.39 is 38.6 Å². The minimum Gasteiger partial charge on any atom is -0.491 e. The van der Waals surface area contributed by atoms with E-state index >= 15 is 0 Å². The smallest absolute Gasteiger partial charge is 0.243 e. The summed E-state index contributed by atoms with van der Waals surface area (Å²) in [5.74, 6) is 0.682. The fraction of sp³-hybridized carbons (Fsp3) is 0.547. The maximum absolute atomic E-state index is 14.2. The number of hydrogen-bond acceptors (Lipinski definition) is 12. The summed E-state index contributed by atoms with van der Waals surface area (Å²) < 4.78 is 32.8. The summed E-state index contributed by atoms with van der Waals surface area (Å²) in [5.41, 5.74) is 8.79. The van der Waals surface area contributed by atoms with Crippen LogP contribution >= 0.6 is 22.9 Å². The molecule has 4 heterocycles. The number of hydrogen-bond donors (Lipinski definition) is 2. The van der Waals surface area contributed by atoms with Gasteiger partial charge in [0.05, 0.1) is 49.2 Å². The van der Waals surface area contributed by atoms with E-state index in [2.05, 4.69) is 34.3 Å². The van der Waals surface area contributed by atoms with Gasteiger partial charge in [-0.25, -0.2) is 23.4 Å². The van der Waals surface area contributed by atoms with Gasteiger partial charge in [0.1, 0.15) is 23.4 Å². The third-order valence-corrected chi connectivity index (χ3v) is 19.5. The molecular weight excluding hydrogens is 1080 g/mol. The SMILES string of the molecule is Cc1cc(Cc2ncc(Cl)c(Cc3ccccc3S(=O)(=O)C(C)C)n2)c(OC(C)C)cc1C1CCN(C(=O)CCCCCCCCCC(=O)C[C@H](C(=O)N2C[C@H](O)C[C@H]2C(=O)NCc2ccc(-c3scnc3C)cc2)C(C)(C)C)CC1. The molecule has 5 aromatic rings. The number of carbonyl (C=O) groups excluding carboxylic acids is 4. The number of ketones is 1. The lowest BCUT2D eigenvalue weighted by atomic mass is 9.76. The molecular formula is C64H85ClN6O8S2. The van der Waals surface area contributed by atoms with Gasteiger partial charge in [-0.05, 0) is 119 Å². The zero-order chi connectivity index (χ0) is 58.6. The zero-order valence-electron chi connectivity index (χ0n) is 49.1. The third-order valence-electron chi connectivity index (χ3n) is 16.0. The average Bonchev–Trinajstić information content (AvgIpc) is 4.05. The molecule has 0 saturated carbocycles. The molecule has 0 radical (unpaired) electrons. The fourth-order valence-corrected chi connectivity index (χ4v) is 13.5. The molecule has 0 aliphatic carbocycles. The lowest BCUT2D eigenvalue weighted by Gasteiger charge is -2.34. The summed E-state index contributed by atoms with van der Waals surface area (Å²) in [6, 6.07) is 18.5. The standard InChI is InChI=1S/C64H85ClN6O8S2/c1-41(2)79-57-36-52(43(5)31-49(57)33-59-66-38-54(65)55(69-59)32-48-19-17-18-21-58(48)81(77,78)42(3)4)46-27-29-70(30-28-46)60(74)22-16-14-12-10-11-13-15-20-50(72)34-53(64(7,8)9)63(76)71-39-51(73)35-56(71)62(75)67-37-45-23-25-47(26-24-45)61-44(6)68-40-80-61/h17-19,21,23-26,31,36,38,40-42,46,51,53,56,73H,10-16,20,22,27-30,32-35,37,39H2,1-9H3,(H,67,75)/t51-,53-,56+/m1/s1. The van der Waals surface area contributed by atoms with Gasteiger partial charge >= 0.3 is 0 Å². The number of aliphatic hydroxyl groups excluding tert-OH is 1. The molecule has 0 unspecified atom stereocenters. The normalized spacial score (nSPS) is 16.6. The molecule has 3 atom stereocenters. The van der Waals surface area contributed by atoms with E-state index in [0.717, 1.165) is 96.4 Å². The Morgan fingerprint density at radius 3 is 2.17 bits per heavy atom. The largest absolute Gasteiger partial charge is 0.491 e. The number of unbranched alkanes of at least 4 members (excludes halogenated alkanes) is 6. The zero-order valence-corrected chi connectivity index (χ0v) is 51.5. The molecule has 3 amide bonds. The van der Waals surface area contributed by atoms with Crippen molar-refractivity contribution < 1.29 is 37.4 Å². The molecule has 14 nitrogen and oxygen atoms in total. The molecule has 2 aliphatic heterocycles. The highest BCUT2D eigenvalue weighted by atomic mass is 35.5. The highest BCUT2D eigenvalue weighted by Crippen LogP contribution is 2.38. The van der Waals surface area contributed by atoms with Crippen molar-refractivity contribution in [3.8, 4) is 16.2 Å². The molecule has 2 fully saturated rings. The van der Waals surface area contributed by atoms with Gasteiger partial charge in [0.2, 0.25) is 17.7 Å². The minimum atomic E-state index is -3.52. The molecule has 2 N–H and O–H groups in total. The number of sulfone groups is 1. The van der Waals surface area contributed by atoms with Crippen LogP contribution in [0.25, 0.3) is 10.4 Å². The molecule has 2 aliphatic rings. The summed E-state index contributed by atoms with van der Waals surface area (Å²) in [5, 5.41) is 13.4. The number of ether oxygens (including phenoxy) is 1. The Morgan fingerprint density at radius 2 is 1.53 bits per heavy atom. The second kappa shape index (κ2) is 28.6. The summed E-state index contributed by atoms with van der Waals surface area (Å²) in [6.45, 7) is 19.1. The summed E-state index contributed by atoms with van der Waals surface area (Å²) >= 11 is 8.21. The maximum atomic E-state index is 14.2. The van der Waals surface area contributed by atoms with E-state index in [1.54, 1.807) is 49.6 Å². The van der Waals surface area contributed by atoms with Crippen LogP contribution in [-0.2, 0) is 48.4 Å². The number of aliphatic hydroxyl groups is 1. The predicted octanol–water partition coefficient (Wildman–Crippen LogP) is 12.1. The summed E-state index contributed by atoms with van der Waals surface area (Å²) in [6.07, 6.45) is 10.8. The number of likely N-dealkylation sites (tertiary alicyclic amines) is 2. The number of Topliss-reactive ketones (excluding diaryl/α,β-unsaturated/α-hetero) is 1. The molecule has 81 heavy (non-hydrogen) atoms. The van der Waals surface area contributed by atoms with Crippen LogP contribution in [0.2, 0.25) is 5.02 Å². The van der Waals surface area contributed by atoms with Crippen molar-refractivity contribution in [2.24, 2.45) is 11.3 Å². The first kappa shape index (κ1) is 63.0. The van der Waals surface area contributed by atoms with Gasteiger partial charge in [-0.3, -0.25) is 19.2 Å². The number of piperidine rings is 1. The van der Waals surface area contributed by atoms with Crippen LogP contribution in [0.4, 0.5) is 0 Å². The number of benzene rings is 3. The quantitative estimate of drug-likeness (QED) is 0.0501. The number of amides is 3. The third kappa shape index (κ3) is 17.0. The van der Waals surface area contributed by atoms with Crippen molar-refractivity contribution in [2.45, 2.75) is 199 Å². The van der Waals surface area contributed by atoms with Crippen molar-refractivity contribution in [1.29, 1.82) is 0 Å². The van der Waals surface area contributed by atoms with Crippen LogP contribution in [0.15, 0.2) is 77.3 Å². The van der Waals surface area contributed by atoms with Crippen LogP contribution < -0.4 is 10.1 Å². The Bertz CT molecular complexity index is 3070. The number of nitrogens with zero attached hydrogens (tertiary/aromatic N) is 5. The number of carbonyl (C=O) groups is 4. The van der Waals surface area contributed by atoms with Crippen LogP contribution in [0.5, 0.6) is 5.75 Å². The molecule has 0 spiro atoms. The van der Waals surface area contributed by atoms with Crippen molar-refractivity contribution in [3.05, 3.63) is 122 Å². The van der Waals surface area contributed by atoms with Crippen LogP contribution in [0.3, 0.4) is 0 Å². The highest BCUT2D eigenvalue weighted by Gasteiger charge is 2.44. The Labute approximate surface area is 490 Å². The number of rotatable bonds is 26. The average molecular weight is 1170 g/mol. The lowest BCUT2D eigenvalue weighted by Crippen LogP contribution is -2.50. The number of thiazole rings is 1. The number of aryl methyl sites for hydroxylation is 2. The Hall–Kier alpha value is -5.55. The molecule has 0 bridgehead atoms. The van der Waals surface area contributed by atoms with Gasteiger partial charge in [-0.15, -0.1) is 11.3 Å². The molecule has 17 heteroatoms. The molecule has 438 valence electrons. The number of nitrogens with one attached hydrogen (secondary N) is 1. The van der Waals surface area contributed by atoms with Crippen LogP contribution in [0, 0.1) is 25.2 Å². The maximum Gasteiger partial charge on any atom is 0.243 e. The second-order valence-corrected chi connectivity index (χ2v) is 27.7.